The van der Waals surface area contributed by atoms with Crippen molar-refractivity contribution in [2.45, 2.75) is 13.8 Å². The molecule has 4 nitrogen and oxygen atoms in total. The minimum atomic E-state index is -1.00. The van der Waals surface area contributed by atoms with Crippen LogP contribution in [0.5, 0.6) is 0 Å². The fourth-order valence-corrected chi connectivity index (χ4v) is 2.81. The number of benzene rings is 3. The van der Waals surface area contributed by atoms with Crippen LogP contribution in [0, 0.1) is 13.8 Å². The van der Waals surface area contributed by atoms with Crippen LogP contribution >= 0.6 is 0 Å². The first-order chi connectivity index (χ1) is 13.4. The minimum Gasteiger partial charge on any atom is -0.478 e. The molecule has 140 valence electrons. The van der Waals surface area contributed by atoms with Crippen molar-refractivity contribution in [3.05, 3.63) is 107 Å². The number of nitrogens with one attached hydrogen (secondary N) is 1. The molecule has 0 aliphatic heterocycles. The monoisotopic (exact) mass is 371 g/mol. The summed E-state index contributed by atoms with van der Waals surface area (Å²) in [5, 5.41) is 11.8. The van der Waals surface area contributed by atoms with E-state index in [2.05, 4.69) is 5.32 Å². The Balaban J connectivity index is 1.91. The summed E-state index contributed by atoms with van der Waals surface area (Å²) in [5.41, 5.74) is 5.73. The van der Waals surface area contributed by atoms with E-state index in [9.17, 15) is 9.59 Å². The van der Waals surface area contributed by atoms with Gasteiger partial charge in [0.25, 0.3) is 0 Å². The number of rotatable bonds is 5. The maximum Gasteiger partial charge on any atom is 0.335 e. The standard InChI is InChI=1S/C24H21NO3/c1-16-3-7-18(8-4-16)22(19-9-5-17(2)6-10-19)15-23(26)25-21-13-11-20(12-14-21)24(27)28/h3-15H,1-2H3,(H,25,26)(H,27,28). The zero-order valence-corrected chi connectivity index (χ0v) is 15.8. The molecule has 0 radical (unpaired) electrons. The highest BCUT2D eigenvalue weighted by Gasteiger charge is 2.09. The molecule has 0 aliphatic carbocycles. The van der Waals surface area contributed by atoms with E-state index in [1.807, 2.05) is 62.4 Å². The van der Waals surface area contributed by atoms with Gasteiger partial charge in [0.2, 0.25) is 5.91 Å². The first kappa shape index (κ1) is 19.1. The molecule has 3 aromatic rings. The Bertz CT molecular complexity index is 967. The van der Waals surface area contributed by atoms with Crippen LogP contribution in [0.15, 0.2) is 78.9 Å². The zero-order valence-electron chi connectivity index (χ0n) is 15.8. The average Bonchev–Trinajstić information content (AvgIpc) is 2.68. The Labute approximate surface area is 164 Å². The maximum absolute atomic E-state index is 12.6. The number of amides is 1. The van der Waals surface area contributed by atoms with Gasteiger partial charge in [0.15, 0.2) is 0 Å². The second kappa shape index (κ2) is 8.35. The molecule has 0 spiro atoms. The quantitative estimate of drug-likeness (QED) is 0.615. The van der Waals surface area contributed by atoms with Crippen LogP contribution in [-0.2, 0) is 4.79 Å². The lowest BCUT2D eigenvalue weighted by Crippen LogP contribution is -2.09. The molecule has 0 atom stereocenters. The Morgan fingerprint density at radius 3 is 1.57 bits per heavy atom. The highest BCUT2D eigenvalue weighted by molar-refractivity contribution is 6.06. The van der Waals surface area contributed by atoms with Crippen molar-refractivity contribution in [1.82, 2.24) is 0 Å². The maximum atomic E-state index is 12.6. The summed E-state index contributed by atoms with van der Waals surface area (Å²) in [5.74, 6) is -1.28. The predicted molar refractivity (Wildman–Crippen MR) is 111 cm³/mol. The van der Waals surface area contributed by atoms with Crippen molar-refractivity contribution < 1.29 is 14.7 Å². The molecule has 28 heavy (non-hydrogen) atoms. The summed E-state index contributed by atoms with van der Waals surface area (Å²) in [6.07, 6.45) is 1.57. The van der Waals surface area contributed by atoms with Gasteiger partial charge in [0.1, 0.15) is 0 Å². The Hall–Kier alpha value is -3.66. The number of hydrogen-bond donors (Lipinski definition) is 2. The van der Waals surface area contributed by atoms with Gasteiger partial charge in [0, 0.05) is 11.8 Å². The third-order valence-corrected chi connectivity index (χ3v) is 4.40. The normalized spacial score (nSPS) is 10.2. The van der Waals surface area contributed by atoms with E-state index in [0.717, 1.165) is 27.8 Å². The molecule has 1 amide bonds. The molecule has 2 N–H and O–H groups in total. The molecule has 0 saturated carbocycles. The highest BCUT2D eigenvalue weighted by atomic mass is 16.4. The molecule has 3 aromatic carbocycles. The predicted octanol–water partition coefficient (Wildman–Crippen LogP) is 5.07. The lowest BCUT2D eigenvalue weighted by molar-refractivity contribution is -0.111. The van der Waals surface area contributed by atoms with Gasteiger partial charge in [-0.15, -0.1) is 0 Å². The molecule has 4 heteroatoms. The topological polar surface area (TPSA) is 66.4 Å². The van der Waals surface area contributed by atoms with E-state index >= 15 is 0 Å². The van der Waals surface area contributed by atoms with Gasteiger partial charge in [-0.25, -0.2) is 4.79 Å². The summed E-state index contributed by atoms with van der Waals surface area (Å²) in [6.45, 7) is 4.04. The molecule has 0 heterocycles. The summed E-state index contributed by atoms with van der Waals surface area (Å²) in [4.78, 5) is 23.6. The summed E-state index contributed by atoms with van der Waals surface area (Å²) in [6, 6.07) is 22.1. The number of carbonyl (C=O) groups excluding carboxylic acids is 1. The van der Waals surface area contributed by atoms with Crippen LogP contribution in [0.3, 0.4) is 0 Å². The fraction of sp³-hybridized carbons (Fsp3) is 0.0833. The second-order valence-corrected chi connectivity index (χ2v) is 6.66. The zero-order chi connectivity index (χ0) is 20.1. The number of aromatic carboxylic acids is 1. The summed E-state index contributed by atoms with van der Waals surface area (Å²) < 4.78 is 0. The molecule has 0 bridgehead atoms. The largest absolute Gasteiger partial charge is 0.478 e. The molecular formula is C24H21NO3. The lowest BCUT2D eigenvalue weighted by atomic mass is 9.96. The van der Waals surface area contributed by atoms with E-state index in [0.29, 0.717) is 5.69 Å². The molecule has 0 saturated heterocycles. The van der Waals surface area contributed by atoms with E-state index < -0.39 is 5.97 Å². The van der Waals surface area contributed by atoms with Crippen LogP contribution in [0.25, 0.3) is 5.57 Å². The van der Waals surface area contributed by atoms with Crippen molar-refractivity contribution in [3.63, 3.8) is 0 Å². The van der Waals surface area contributed by atoms with Crippen LogP contribution in [-0.4, -0.2) is 17.0 Å². The van der Waals surface area contributed by atoms with Crippen LogP contribution in [0.2, 0.25) is 0 Å². The molecular weight excluding hydrogens is 350 g/mol. The summed E-state index contributed by atoms with van der Waals surface area (Å²) in [7, 11) is 0. The van der Waals surface area contributed by atoms with E-state index in [-0.39, 0.29) is 11.5 Å². The summed E-state index contributed by atoms with van der Waals surface area (Å²) >= 11 is 0. The Morgan fingerprint density at radius 1 is 0.714 bits per heavy atom. The first-order valence-corrected chi connectivity index (χ1v) is 8.92. The molecule has 0 aliphatic rings. The van der Waals surface area contributed by atoms with Gasteiger partial charge in [-0.2, -0.15) is 0 Å². The molecule has 0 fully saturated rings. The van der Waals surface area contributed by atoms with Crippen molar-refractivity contribution >= 4 is 23.1 Å². The van der Waals surface area contributed by atoms with Crippen LogP contribution in [0.1, 0.15) is 32.6 Å². The highest BCUT2D eigenvalue weighted by Crippen LogP contribution is 2.24. The molecule has 0 unspecified atom stereocenters. The van der Waals surface area contributed by atoms with Crippen molar-refractivity contribution in [2.24, 2.45) is 0 Å². The van der Waals surface area contributed by atoms with Crippen molar-refractivity contribution in [2.75, 3.05) is 5.32 Å². The van der Waals surface area contributed by atoms with Crippen molar-refractivity contribution in [1.29, 1.82) is 0 Å². The number of hydrogen-bond acceptors (Lipinski definition) is 2. The van der Waals surface area contributed by atoms with Gasteiger partial charge >= 0.3 is 5.97 Å². The molecule has 3 rings (SSSR count). The van der Waals surface area contributed by atoms with Gasteiger partial charge in [0.05, 0.1) is 5.56 Å². The molecule has 0 aromatic heterocycles. The third kappa shape index (κ3) is 4.74. The average molecular weight is 371 g/mol. The third-order valence-electron chi connectivity index (χ3n) is 4.40. The number of carboxylic acid groups (broad SMARTS) is 1. The van der Waals surface area contributed by atoms with Gasteiger partial charge in [-0.05, 0) is 54.8 Å². The van der Waals surface area contributed by atoms with E-state index in [1.54, 1.807) is 18.2 Å². The SMILES string of the molecule is Cc1ccc(C(=CC(=O)Nc2ccc(C(=O)O)cc2)c2ccc(C)cc2)cc1. The van der Waals surface area contributed by atoms with Gasteiger partial charge in [-0.1, -0.05) is 59.7 Å². The Kier molecular flexibility index (Phi) is 5.70. The first-order valence-electron chi connectivity index (χ1n) is 8.92. The number of aryl methyl sites for hydroxylation is 2. The van der Waals surface area contributed by atoms with Crippen molar-refractivity contribution in [3.8, 4) is 0 Å². The number of carbonyl (C=O) groups is 2. The van der Waals surface area contributed by atoms with Gasteiger partial charge in [-0.3, -0.25) is 4.79 Å². The van der Waals surface area contributed by atoms with Gasteiger partial charge < -0.3 is 10.4 Å². The van der Waals surface area contributed by atoms with E-state index in [1.165, 1.54) is 12.1 Å². The lowest BCUT2D eigenvalue weighted by Gasteiger charge is -2.10. The Morgan fingerprint density at radius 2 is 1.14 bits per heavy atom. The number of anilines is 1. The van der Waals surface area contributed by atoms with Crippen LogP contribution in [0.4, 0.5) is 5.69 Å². The minimum absolute atomic E-state index is 0.175. The smallest absolute Gasteiger partial charge is 0.335 e. The fourth-order valence-electron chi connectivity index (χ4n) is 2.81. The second-order valence-electron chi connectivity index (χ2n) is 6.66. The number of carboxylic acids is 1. The van der Waals surface area contributed by atoms with E-state index in [4.69, 9.17) is 5.11 Å². The van der Waals surface area contributed by atoms with Crippen LogP contribution < -0.4 is 5.32 Å².